The van der Waals surface area contributed by atoms with E-state index in [4.69, 9.17) is 9.73 Å². The minimum absolute atomic E-state index is 0.0623. The van der Waals surface area contributed by atoms with E-state index in [-0.39, 0.29) is 12.3 Å². The van der Waals surface area contributed by atoms with E-state index >= 15 is 0 Å². The van der Waals surface area contributed by atoms with Gasteiger partial charge in [0.1, 0.15) is 17.6 Å². The number of dihydropyridines is 1. The van der Waals surface area contributed by atoms with Crippen LogP contribution in [0, 0.1) is 0 Å². The summed E-state index contributed by atoms with van der Waals surface area (Å²) in [7, 11) is 0. The Kier molecular flexibility index (Phi) is 4.59. The van der Waals surface area contributed by atoms with Crippen LogP contribution < -0.4 is 20.7 Å². The van der Waals surface area contributed by atoms with Crippen molar-refractivity contribution in [1.82, 2.24) is 5.32 Å². The van der Waals surface area contributed by atoms with Crippen LogP contribution in [0.5, 0.6) is 5.75 Å². The van der Waals surface area contributed by atoms with E-state index in [0.717, 1.165) is 34.2 Å². The van der Waals surface area contributed by atoms with Gasteiger partial charge in [0.15, 0.2) is 0 Å². The average molecular weight is 457 g/mol. The van der Waals surface area contributed by atoms with Crippen LogP contribution in [0.15, 0.2) is 119 Å². The molecule has 0 spiro atoms. The Labute approximate surface area is 203 Å². The van der Waals surface area contributed by atoms with Crippen LogP contribution in [0.3, 0.4) is 0 Å². The number of para-hydroxylation sites is 2. The van der Waals surface area contributed by atoms with Crippen molar-refractivity contribution in [1.29, 1.82) is 0 Å². The van der Waals surface area contributed by atoms with Gasteiger partial charge in [-0.2, -0.15) is 0 Å². The molecule has 0 aliphatic carbocycles. The van der Waals surface area contributed by atoms with Gasteiger partial charge in [-0.05, 0) is 29.2 Å². The van der Waals surface area contributed by atoms with Gasteiger partial charge in [0.25, 0.3) is 0 Å². The molecule has 0 radical (unpaired) electrons. The molecule has 2 atom stereocenters. The summed E-state index contributed by atoms with van der Waals surface area (Å²) in [5.74, 6) is 1.77. The number of hydrogen-bond donors (Lipinski definition) is 3. The lowest BCUT2D eigenvalue weighted by Gasteiger charge is -2.29. The smallest absolute Gasteiger partial charge is 0.211 e. The highest BCUT2D eigenvalue weighted by Crippen LogP contribution is 2.40. The molecule has 0 saturated heterocycles. The molecular formula is C30H24N4O. The number of allylic oxidation sites excluding steroid dienone is 2. The van der Waals surface area contributed by atoms with Crippen LogP contribution in [0.4, 0.5) is 11.4 Å². The summed E-state index contributed by atoms with van der Waals surface area (Å²) in [6, 6.07) is 31.4. The summed E-state index contributed by atoms with van der Waals surface area (Å²) in [6.07, 6.45) is 4.01. The van der Waals surface area contributed by atoms with Gasteiger partial charge in [0.05, 0.1) is 17.1 Å². The maximum absolute atomic E-state index is 6.08. The molecule has 0 bridgehead atoms. The molecule has 3 aliphatic rings. The van der Waals surface area contributed by atoms with E-state index in [1.807, 2.05) is 30.3 Å². The maximum Gasteiger partial charge on any atom is 0.211 e. The zero-order valence-corrected chi connectivity index (χ0v) is 19.0. The third-order valence-corrected chi connectivity index (χ3v) is 6.82. The van der Waals surface area contributed by atoms with E-state index < -0.39 is 0 Å². The number of benzene rings is 4. The quantitative estimate of drug-likeness (QED) is 0.354. The number of nitrogens with zero attached hydrogens (tertiary/aromatic N) is 1. The lowest BCUT2D eigenvalue weighted by atomic mass is 9.92. The SMILES string of the molecule is C1=C(C2=NC(c3ccccc3)c3ccc4ccccc4c3N2)CNC(C2Nc3ccccc3O2)=C1. The fraction of sp³-hybridized carbons (Fsp3) is 0.100. The molecule has 3 heterocycles. The highest BCUT2D eigenvalue weighted by Gasteiger charge is 2.29. The van der Waals surface area contributed by atoms with Crippen molar-refractivity contribution >= 4 is 28.0 Å². The third kappa shape index (κ3) is 3.44. The fourth-order valence-corrected chi connectivity index (χ4v) is 5.03. The maximum atomic E-state index is 6.08. The fourth-order valence-electron chi connectivity index (χ4n) is 5.03. The van der Waals surface area contributed by atoms with Crippen LogP contribution in [-0.2, 0) is 0 Å². The van der Waals surface area contributed by atoms with Crippen molar-refractivity contribution in [2.75, 3.05) is 17.2 Å². The zero-order chi connectivity index (χ0) is 23.2. The summed E-state index contributed by atoms with van der Waals surface area (Å²) in [6.45, 7) is 0.664. The number of fused-ring (bicyclic) bond motifs is 4. The van der Waals surface area contributed by atoms with Gasteiger partial charge in [0.2, 0.25) is 6.23 Å². The van der Waals surface area contributed by atoms with Gasteiger partial charge in [0, 0.05) is 23.1 Å². The number of rotatable bonds is 3. The predicted molar refractivity (Wildman–Crippen MR) is 142 cm³/mol. The molecule has 0 saturated carbocycles. The van der Waals surface area contributed by atoms with Crippen molar-refractivity contribution in [3.8, 4) is 5.75 Å². The Morgan fingerprint density at radius 2 is 1.63 bits per heavy atom. The third-order valence-electron chi connectivity index (χ3n) is 6.82. The summed E-state index contributed by atoms with van der Waals surface area (Å²) >= 11 is 0. The van der Waals surface area contributed by atoms with E-state index in [9.17, 15) is 0 Å². The Bertz CT molecular complexity index is 1510. The van der Waals surface area contributed by atoms with Gasteiger partial charge >= 0.3 is 0 Å². The molecular weight excluding hydrogens is 432 g/mol. The second-order valence-electron chi connectivity index (χ2n) is 8.97. The van der Waals surface area contributed by atoms with Gasteiger partial charge < -0.3 is 20.7 Å². The lowest BCUT2D eigenvalue weighted by Crippen LogP contribution is -2.36. The summed E-state index contributed by atoms with van der Waals surface area (Å²) in [5.41, 5.74) is 6.65. The first-order chi connectivity index (χ1) is 17.3. The number of aliphatic imine (C=N–C) groups is 1. The minimum atomic E-state index is -0.215. The Hall–Kier alpha value is -4.51. The Morgan fingerprint density at radius 1 is 0.800 bits per heavy atom. The topological polar surface area (TPSA) is 57.7 Å². The van der Waals surface area contributed by atoms with Crippen LogP contribution in [-0.4, -0.2) is 18.6 Å². The molecule has 4 aromatic carbocycles. The summed E-state index contributed by atoms with van der Waals surface area (Å²) in [4.78, 5) is 5.20. The van der Waals surface area contributed by atoms with E-state index in [0.29, 0.717) is 6.54 Å². The molecule has 0 fully saturated rings. The second kappa shape index (κ2) is 8.06. The van der Waals surface area contributed by atoms with Crippen molar-refractivity contribution < 1.29 is 4.74 Å². The lowest BCUT2D eigenvalue weighted by molar-refractivity contribution is 0.280. The second-order valence-corrected chi connectivity index (χ2v) is 8.97. The number of anilines is 2. The summed E-state index contributed by atoms with van der Waals surface area (Å²) in [5, 5.41) is 13.1. The standard InChI is InChI=1S/C30H24N4O/c1-2-9-20(10-3-1)27-23-16-14-19-8-4-5-11-22(19)28(23)34-29(33-27)21-15-17-25(31-18-21)30-32-24-12-6-7-13-26(24)35-30/h1-17,27,30-32H,18H2,(H,33,34). The van der Waals surface area contributed by atoms with Crippen molar-refractivity contribution in [2.45, 2.75) is 12.3 Å². The molecule has 3 N–H and O–H groups in total. The predicted octanol–water partition coefficient (Wildman–Crippen LogP) is 6.00. The van der Waals surface area contributed by atoms with Crippen molar-refractivity contribution in [2.24, 2.45) is 4.99 Å². The number of ether oxygens (including phenoxy) is 1. The highest BCUT2D eigenvalue weighted by atomic mass is 16.5. The first kappa shape index (κ1) is 19.9. The van der Waals surface area contributed by atoms with Crippen LogP contribution >= 0.6 is 0 Å². The van der Waals surface area contributed by atoms with Gasteiger partial charge in [-0.25, -0.2) is 0 Å². The Morgan fingerprint density at radius 3 is 2.49 bits per heavy atom. The van der Waals surface area contributed by atoms with Crippen molar-refractivity contribution in [3.63, 3.8) is 0 Å². The average Bonchev–Trinajstić information content (AvgIpc) is 3.37. The number of nitrogens with one attached hydrogen (secondary N) is 3. The van der Waals surface area contributed by atoms with Gasteiger partial charge in [-0.3, -0.25) is 4.99 Å². The molecule has 2 unspecified atom stereocenters. The number of amidine groups is 1. The first-order valence-corrected chi connectivity index (χ1v) is 11.9. The normalized spacial score (nSPS) is 20.2. The molecule has 170 valence electrons. The van der Waals surface area contributed by atoms with Gasteiger partial charge in [-0.1, -0.05) is 84.9 Å². The largest absolute Gasteiger partial charge is 0.463 e. The molecule has 5 heteroatoms. The van der Waals surface area contributed by atoms with E-state index in [2.05, 4.69) is 88.8 Å². The first-order valence-electron chi connectivity index (χ1n) is 11.9. The molecule has 35 heavy (non-hydrogen) atoms. The molecule has 3 aliphatic heterocycles. The van der Waals surface area contributed by atoms with Crippen molar-refractivity contribution in [3.05, 3.63) is 126 Å². The molecule has 5 nitrogen and oxygen atoms in total. The minimum Gasteiger partial charge on any atom is -0.463 e. The number of hydrogen-bond acceptors (Lipinski definition) is 5. The molecule has 0 amide bonds. The summed E-state index contributed by atoms with van der Waals surface area (Å²) < 4.78 is 6.08. The molecule has 7 rings (SSSR count). The van der Waals surface area contributed by atoms with E-state index in [1.54, 1.807) is 0 Å². The Balaban J connectivity index is 1.25. The van der Waals surface area contributed by atoms with Crippen LogP contribution in [0.2, 0.25) is 0 Å². The zero-order valence-electron chi connectivity index (χ0n) is 19.0. The monoisotopic (exact) mass is 456 g/mol. The van der Waals surface area contributed by atoms with Crippen LogP contribution in [0.25, 0.3) is 10.8 Å². The molecule has 4 aromatic rings. The molecule has 0 aromatic heterocycles. The highest BCUT2D eigenvalue weighted by molar-refractivity contribution is 6.14. The van der Waals surface area contributed by atoms with Gasteiger partial charge in [-0.15, -0.1) is 0 Å². The van der Waals surface area contributed by atoms with E-state index in [1.165, 1.54) is 21.9 Å². The van der Waals surface area contributed by atoms with Crippen LogP contribution in [0.1, 0.15) is 17.2 Å².